The Kier molecular flexibility index (Phi) is 3.55. The SMILES string of the molecule is O=C(Cc1[nH]nc2ccccc12)Nc1ccn(C2CCNC2)n1. The molecular formula is C16H18N6O. The summed E-state index contributed by atoms with van der Waals surface area (Å²) in [6, 6.07) is 9.96. The summed E-state index contributed by atoms with van der Waals surface area (Å²) in [6.07, 6.45) is 3.23. The fourth-order valence-corrected chi connectivity index (χ4v) is 2.97. The number of anilines is 1. The molecule has 1 aliphatic heterocycles. The van der Waals surface area contributed by atoms with Crippen molar-refractivity contribution in [3.63, 3.8) is 0 Å². The summed E-state index contributed by atoms with van der Waals surface area (Å²) in [5.74, 6) is 0.486. The molecule has 118 valence electrons. The molecule has 23 heavy (non-hydrogen) atoms. The van der Waals surface area contributed by atoms with Gasteiger partial charge < -0.3 is 10.6 Å². The minimum atomic E-state index is -0.103. The van der Waals surface area contributed by atoms with Crippen molar-refractivity contribution in [1.29, 1.82) is 0 Å². The average Bonchev–Trinajstić information content (AvgIpc) is 3.27. The lowest BCUT2D eigenvalue weighted by Crippen LogP contribution is -2.17. The van der Waals surface area contributed by atoms with E-state index in [0.717, 1.165) is 36.1 Å². The smallest absolute Gasteiger partial charge is 0.231 e. The maximum atomic E-state index is 12.2. The number of aromatic nitrogens is 4. The average molecular weight is 310 g/mol. The van der Waals surface area contributed by atoms with Gasteiger partial charge in [-0.25, -0.2) is 0 Å². The Hall–Kier alpha value is -2.67. The van der Waals surface area contributed by atoms with Crippen LogP contribution in [-0.4, -0.2) is 39.0 Å². The molecule has 3 aromatic rings. The second kappa shape index (κ2) is 5.85. The van der Waals surface area contributed by atoms with Gasteiger partial charge in [-0.3, -0.25) is 14.6 Å². The van der Waals surface area contributed by atoms with Gasteiger partial charge in [0.1, 0.15) is 0 Å². The van der Waals surface area contributed by atoms with Crippen molar-refractivity contribution < 1.29 is 4.79 Å². The molecule has 1 atom stereocenters. The highest BCUT2D eigenvalue weighted by Gasteiger charge is 2.17. The molecule has 3 heterocycles. The van der Waals surface area contributed by atoms with Crippen molar-refractivity contribution in [2.75, 3.05) is 18.4 Å². The Morgan fingerprint density at radius 2 is 2.26 bits per heavy atom. The number of nitrogens with zero attached hydrogens (tertiary/aromatic N) is 3. The molecule has 1 saturated heterocycles. The van der Waals surface area contributed by atoms with Gasteiger partial charge in [-0.15, -0.1) is 0 Å². The van der Waals surface area contributed by atoms with Crippen LogP contribution >= 0.6 is 0 Å². The molecule has 2 aromatic heterocycles. The molecule has 4 rings (SSSR count). The fraction of sp³-hybridized carbons (Fsp3) is 0.312. The van der Waals surface area contributed by atoms with E-state index in [1.165, 1.54) is 0 Å². The molecule has 1 aliphatic rings. The zero-order valence-corrected chi connectivity index (χ0v) is 12.6. The standard InChI is InChI=1S/C16H18N6O/c23-16(9-14-12-3-1-2-4-13(12)19-20-14)18-15-6-8-22(21-15)11-5-7-17-10-11/h1-4,6,8,11,17H,5,7,9-10H2,(H,19,20)(H,18,21,23). The second-order valence-corrected chi connectivity index (χ2v) is 5.77. The van der Waals surface area contributed by atoms with E-state index in [0.29, 0.717) is 11.9 Å². The van der Waals surface area contributed by atoms with Crippen LogP contribution in [0.2, 0.25) is 0 Å². The molecule has 1 fully saturated rings. The van der Waals surface area contributed by atoms with Gasteiger partial charge in [0.25, 0.3) is 0 Å². The van der Waals surface area contributed by atoms with Gasteiger partial charge in [-0.1, -0.05) is 18.2 Å². The van der Waals surface area contributed by atoms with E-state index < -0.39 is 0 Å². The summed E-state index contributed by atoms with van der Waals surface area (Å²) in [6.45, 7) is 1.94. The number of carbonyl (C=O) groups is 1. The predicted octanol–water partition coefficient (Wildman–Crippen LogP) is 1.47. The van der Waals surface area contributed by atoms with E-state index in [1.807, 2.05) is 41.2 Å². The van der Waals surface area contributed by atoms with Crippen molar-refractivity contribution in [3.8, 4) is 0 Å². The van der Waals surface area contributed by atoms with Crippen molar-refractivity contribution in [1.82, 2.24) is 25.3 Å². The highest BCUT2D eigenvalue weighted by molar-refractivity contribution is 5.94. The maximum Gasteiger partial charge on any atom is 0.231 e. The zero-order chi connectivity index (χ0) is 15.6. The van der Waals surface area contributed by atoms with Crippen molar-refractivity contribution in [3.05, 3.63) is 42.2 Å². The number of para-hydroxylation sites is 1. The summed E-state index contributed by atoms with van der Waals surface area (Å²) in [5, 5.41) is 18.7. The van der Waals surface area contributed by atoms with E-state index in [9.17, 15) is 4.79 Å². The number of fused-ring (bicyclic) bond motifs is 1. The first-order valence-corrected chi connectivity index (χ1v) is 7.77. The van der Waals surface area contributed by atoms with E-state index in [-0.39, 0.29) is 12.3 Å². The molecule has 7 nitrogen and oxygen atoms in total. The highest BCUT2D eigenvalue weighted by atomic mass is 16.1. The van der Waals surface area contributed by atoms with Crippen molar-refractivity contribution >= 4 is 22.6 Å². The number of amides is 1. The summed E-state index contributed by atoms with van der Waals surface area (Å²) < 4.78 is 1.92. The van der Waals surface area contributed by atoms with Crippen LogP contribution in [0, 0.1) is 0 Å². The van der Waals surface area contributed by atoms with Crippen molar-refractivity contribution in [2.45, 2.75) is 18.9 Å². The molecular weight excluding hydrogens is 292 g/mol. The number of carbonyl (C=O) groups excluding carboxylic acids is 1. The van der Waals surface area contributed by atoms with Crippen LogP contribution < -0.4 is 10.6 Å². The fourth-order valence-electron chi connectivity index (χ4n) is 2.97. The van der Waals surface area contributed by atoms with Crippen LogP contribution in [0.15, 0.2) is 36.5 Å². The molecule has 0 bridgehead atoms. The topological polar surface area (TPSA) is 87.6 Å². The highest BCUT2D eigenvalue weighted by Crippen LogP contribution is 2.17. The minimum absolute atomic E-state index is 0.103. The Morgan fingerprint density at radius 1 is 1.35 bits per heavy atom. The molecule has 0 aliphatic carbocycles. The summed E-state index contributed by atoms with van der Waals surface area (Å²) in [5.41, 5.74) is 1.69. The number of rotatable bonds is 4. The molecule has 1 aromatic carbocycles. The molecule has 0 radical (unpaired) electrons. The van der Waals surface area contributed by atoms with E-state index in [2.05, 4.69) is 25.9 Å². The Morgan fingerprint density at radius 3 is 3.13 bits per heavy atom. The monoisotopic (exact) mass is 310 g/mol. The van der Waals surface area contributed by atoms with Crippen molar-refractivity contribution in [2.24, 2.45) is 0 Å². The largest absolute Gasteiger partial charge is 0.315 e. The number of hydrogen-bond donors (Lipinski definition) is 3. The lowest BCUT2D eigenvalue weighted by molar-refractivity contribution is -0.115. The van der Waals surface area contributed by atoms with E-state index >= 15 is 0 Å². The third-order valence-corrected chi connectivity index (χ3v) is 4.16. The number of nitrogens with one attached hydrogen (secondary N) is 3. The van der Waals surface area contributed by atoms with Crippen LogP contribution in [0.5, 0.6) is 0 Å². The minimum Gasteiger partial charge on any atom is -0.315 e. The van der Waals surface area contributed by atoms with Crippen LogP contribution in [0.3, 0.4) is 0 Å². The van der Waals surface area contributed by atoms with Crippen LogP contribution in [0.25, 0.3) is 10.9 Å². The number of H-pyrrole nitrogens is 1. The normalized spacial score (nSPS) is 17.7. The Labute approximate surface area is 133 Å². The van der Waals surface area contributed by atoms with Gasteiger partial charge >= 0.3 is 0 Å². The van der Waals surface area contributed by atoms with E-state index in [1.54, 1.807) is 0 Å². The summed E-state index contributed by atoms with van der Waals surface area (Å²) in [4.78, 5) is 12.2. The number of benzene rings is 1. The number of aromatic amines is 1. The molecule has 1 unspecified atom stereocenters. The van der Waals surface area contributed by atoms with Crippen LogP contribution in [0.1, 0.15) is 18.2 Å². The molecule has 1 amide bonds. The second-order valence-electron chi connectivity index (χ2n) is 5.77. The quantitative estimate of drug-likeness (QED) is 0.681. The molecule has 7 heteroatoms. The van der Waals surface area contributed by atoms with Gasteiger partial charge in [0.05, 0.1) is 23.7 Å². The lowest BCUT2D eigenvalue weighted by Gasteiger charge is -2.08. The van der Waals surface area contributed by atoms with Gasteiger partial charge in [0, 0.05) is 24.2 Å². The van der Waals surface area contributed by atoms with Gasteiger partial charge in [-0.2, -0.15) is 10.2 Å². The van der Waals surface area contributed by atoms with Crippen LogP contribution in [-0.2, 0) is 11.2 Å². The summed E-state index contributed by atoms with van der Waals surface area (Å²) in [7, 11) is 0. The maximum absolute atomic E-state index is 12.2. The Bertz CT molecular complexity index is 830. The van der Waals surface area contributed by atoms with Gasteiger partial charge in [-0.05, 0) is 19.0 Å². The first-order chi connectivity index (χ1) is 11.3. The predicted molar refractivity (Wildman–Crippen MR) is 87.2 cm³/mol. The summed E-state index contributed by atoms with van der Waals surface area (Å²) >= 11 is 0. The Balaban J connectivity index is 1.43. The first-order valence-electron chi connectivity index (χ1n) is 7.77. The third-order valence-electron chi connectivity index (χ3n) is 4.16. The molecule has 0 saturated carbocycles. The van der Waals surface area contributed by atoms with Crippen LogP contribution in [0.4, 0.5) is 5.82 Å². The van der Waals surface area contributed by atoms with E-state index in [4.69, 9.17) is 0 Å². The third kappa shape index (κ3) is 2.83. The van der Waals surface area contributed by atoms with Gasteiger partial charge in [0.15, 0.2) is 5.82 Å². The zero-order valence-electron chi connectivity index (χ0n) is 12.6. The van der Waals surface area contributed by atoms with Gasteiger partial charge in [0.2, 0.25) is 5.91 Å². The molecule has 3 N–H and O–H groups in total. The first kappa shape index (κ1) is 14.0. The lowest BCUT2D eigenvalue weighted by atomic mass is 10.1. The number of hydrogen-bond acceptors (Lipinski definition) is 4. The molecule has 0 spiro atoms.